The Morgan fingerprint density at radius 1 is 1.02 bits per heavy atom. The smallest absolute Gasteiger partial charge is 0.416 e. The first-order valence-electron chi connectivity index (χ1n) is 16.2. The Hall–Kier alpha value is -4.82. The molecule has 6 rings (SSSR count). The van der Waals surface area contributed by atoms with Crippen LogP contribution in [0.5, 0.6) is 5.75 Å². The number of carboxylic acid groups (broad SMARTS) is 1. The number of likely N-dealkylation sites (tertiary alicyclic amines) is 1. The average Bonchev–Trinajstić information content (AvgIpc) is 3.04. The summed E-state index contributed by atoms with van der Waals surface area (Å²) in [5.41, 5.74) is -1.84. The van der Waals surface area contributed by atoms with Crippen molar-refractivity contribution in [2.24, 2.45) is 0 Å². The van der Waals surface area contributed by atoms with Gasteiger partial charge in [-0.05, 0) is 78.4 Å². The Morgan fingerprint density at radius 2 is 1.75 bits per heavy atom. The van der Waals surface area contributed by atoms with Gasteiger partial charge in [-0.1, -0.05) is 23.7 Å². The van der Waals surface area contributed by atoms with Gasteiger partial charge in [0.05, 0.1) is 23.0 Å². The largest absolute Gasteiger partial charge is 0.488 e. The number of hydrogen-bond acceptors (Lipinski definition) is 5. The van der Waals surface area contributed by atoms with Gasteiger partial charge < -0.3 is 15.2 Å². The lowest BCUT2D eigenvalue weighted by atomic mass is 9.91. The van der Waals surface area contributed by atoms with E-state index in [-0.39, 0.29) is 55.4 Å². The number of aliphatic carboxylic acids is 1. The number of pyridine rings is 1. The second-order valence-electron chi connectivity index (χ2n) is 13.0. The van der Waals surface area contributed by atoms with Gasteiger partial charge in [0.2, 0.25) is 5.91 Å². The monoisotopic (exact) mass is 747 g/mol. The maximum Gasteiger partial charge on any atom is 0.416 e. The van der Waals surface area contributed by atoms with E-state index in [1.807, 2.05) is 0 Å². The molecule has 1 saturated heterocycles. The Labute approximate surface area is 298 Å². The Balaban J connectivity index is 1.58. The van der Waals surface area contributed by atoms with Crippen LogP contribution >= 0.6 is 11.6 Å². The number of fused-ring (bicyclic) bond motifs is 6. The summed E-state index contributed by atoms with van der Waals surface area (Å²) in [5, 5.41) is 11.8. The molecule has 3 heterocycles. The zero-order valence-corrected chi connectivity index (χ0v) is 28.5. The van der Waals surface area contributed by atoms with Crippen LogP contribution in [0.3, 0.4) is 0 Å². The molecule has 2 N–H and O–H groups in total. The van der Waals surface area contributed by atoms with Crippen LogP contribution in [0.15, 0.2) is 59.5 Å². The number of nitrogens with one attached hydrogen (secondary N) is 1. The molecular formula is C37H32ClF6N3O5. The number of aromatic nitrogens is 1. The summed E-state index contributed by atoms with van der Waals surface area (Å²) < 4.78 is 94.9. The molecule has 0 aliphatic carbocycles. The van der Waals surface area contributed by atoms with Crippen molar-refractivity contribution in [3.05, 3.63) is 121 Å². The molecule has 4 bridgehead atoms. The van der Waals surface area contributed by atoms with Gasteiger partial charge in [0.25, 0.3) is 5.56 Å². The second kappa shape index (κ2) is 14.3. The highest BCUT2D eigenvalue weighted by Gasteiger charge is 2.38. The predicted molar refractivity (Wildman–Crippen MR) is 179 cm³/mol. The molecule has 1 amide bonds. The van der Waals surface area contributed by atoms with Gasteiger partial charge in [0.1, 0.15) is 36.2 Å². The molecule has 2 aliphatic rings. The van der Waals surface area contributed by atoms with Crippen LogP contribution in [0, 0.1) is 25.5 Å². The van der Waals surface area contributed by atoms with E-state index in [9.17, 15) is 37.1 Å². The van der Waals surface area contributed by atoms with Gasteiger partial charge in [-0.25, -0.2) is 13.2 Å². The van der Waals surface area contributed by atoms with E-state index in [2.05, 4.69) is 5.32 Å². The third-order valence-electron chi connectivity index (χ3n) is 9.29. The minimum atomic E-state index is -5.00. The van der Waals surface area contributed by atoms with E-state index in [0.29, 0.717) is 21.4 Å². The topological polar surface area (TPSA) is 101 Å². The van der Waals surface area contributed by atoms with E-state index >= 15 is 8.78 Å². The molecular weight excluding hydrogens is 716 g/mol. The molecule has 2 aliphatic heterocycles. The van der Waals surface area contributed by atoms with Gasteiger partial charge in [0.15, 0.2) is 0 Å². The minimum Gasteiger partial charge on any atom is -0.488 e. The van der Waals surface area contributed by atoms with E-state index in [4.69, 9.17) is 16.3 Å². The Kier molecular flexibility index (Phi) is 10.2. The number of carbonyl (C=O) groups excluding carboxylic acids is 1. The summed E-state index contributed by atoms with van der Waals surface area (Å²) in [6, 6.07) is 7.08. The molecule has 0 unspecified atom stereocenters. The van der Waals surface area contributed by atoms with Gasteiger partial charge in [-0.2, -0.15) is 13.2 Å². The minimum absolute atomic E-state index is 0.0108. The number of halogens is 7. The molecule has 2 atom stereocenters. The molecule has 8 nitrogen and oxygen atoms in total. The average molecular weight is 748 g/mol. The summed E-state index contributed by atoms with van der Waals surface area (Å²) in [4.78, 5) is 41.7. The van der Waals surface area contributed by atoms with Crippen molar-refractivity contribution in [3.63, 3.8) is 0 Å². The molecule has 1 aromatic heterocycles. The lowest BCUT2D eigenvalue weighted by molar-refractivity contribution is -0.139. The van der Waals surface area contributed by atoms with Crippen molar-refractivity contribution in [2.45, 2.75) is 57.7 Å². The van der Waals surface area contributed by atoms with Crippen molar-refractivity contribution in [2.75, 3.05) is 19.6 Å². The van der Waals surface area contributed by atoms with Crippen molar-refractivity contribution >= 4 is 23.5 Å². The highest BCUT2D eigenvalue weighted by Crippen LogP contribution is 2.39. The fourth-order valence-corrected chi connectivity index (χ4v) is 6.99. The maximum atomic E-state index is 16.1. The molecule has 274 valence electrons. The molecule has 15 heteroatoms. The lowest BCUT2D eigenvalue weighted by Crippen LogP contribution is -2.49. The molecule has 4 aromatic rings. The molecule has 0 spiro atoms. The van der Waals surface area contributed by atoms with Gasteiger partial charge in [-0.3, -0.25) is 23.9 Å². The van der Waals surface area contributed by atoms with Crippen molar-refractivity contribution in [1.29, 1.82) is 0 Å². The standard InChI is InChI=1S/C37H32ClF6N3O5/c1-18-4-3-5-29-32(18)22-8-19(2)33(40)24(11-22)28(13-31(49)50)45-36(51)35(25-9-20(17-52-29)10-27(38)34(25)41)47-14-21(6-7-46-15-23(39)16-46)26(12-30(47)48)37(42,43)44/h3-5,8-12,14,23,28,35H,6-7,13,15-17H2,1-2H3,(H,45,51)(H,49,50)/t28-,35-/m1/s1. The molecule has 1 fully saturated rings. The van der Waals surface area contributed by atoms with Crippen molar-refractivity contribution in [3.8, 4) is 16.9 Å². The Bertz CT molecular complexity index is 2130. The van der Waals surface area contributed by atoms with E-state index in [0.717, 1.165) is 11.8 Å². The summed E-state index contributed by atoms with van der Waals surface area (Å²) in [7, 11) is 0. The zero-order chi connectivity index (χ0) is 37.6. The quantitative estimate of drug-likeness (QED) is 0.205. The normalized spacial score (nSPS) is 18.1. The van der Waals surface area contributed by atoms with Crippen LogP contribution in [-0.4, -0.2) is 52.3 Å². The van der Waals surface area contributed by atoms with Crippen LogP contribution in [0.4, 0.5) is 26.3 Å². The van der Waals surface area contributed by atoms with E-state index in [1.165, 1.54) is 31.2 Å². The number of hydrogen-bond donors (Lipinski definition) is 2. The number of rotatable bonds is 6. The first-order valence-corrected chi connectivity index (χ1v) is 16.6. The number of benzene rings is 3. The lowest BCUT2D eigenvalue weighted by Gasteiger charge is -2.34. The Morgan fingerprint density at radius 3 is 2.42 bits per heavy atom. The van der Waals surface area contributed by atoms with Gasteiger partial charge in [0, 0.05) is 48.6 Å². The predicted octanol–water partition coefficient (Wildman–Crippen LogP) is 7.09. The summed E-state index contributed by atoms with van der Waals surface area (Å²) in [6.07, 6.45) is -6.51. The number of carbonyl (C=O) groups is 2. The second-order valence-corrected chi connectivity index (χ2v) is 13.4. The molecule has 52 heavy (non-hydrogen) atoms. The maximum absolute atomic E-state index is 16.1. The fraction of sp³-hybridized carbons (Fsp3) is 0.324. The first kappa shape index (κ1) is 37.0. The van der Waals surface area contributed by atoms with Crippen molar-refractivity contribution in [1.82, 2.24) is 14.8 Å². The third kappa shape index (κ3) is 7.40. The highest BCUT2D eigenvalue weighted by atomic mass is 35.5. The van der Waals surface area contributed by atoms with Crippen LogP contribution in [0.25, 0.3) is 11.1 Å². The van der Waals surface area contributed by atoms with Crippen LogP contribution in [-0.2, 0) is 28.8 Å². The first-order chi connectivity index (χ1) is 24.5. The highest BCUT2D eigenvalue weighted by molar-refractivity contribution is 6.30. The SMILES string of the molecule is Cc1cc2cc(c1F)[C@@H](CC(=O)O)NC(=O)[C@H](n1cc(CCN3CC(F)C3)c(C(F)(F)F)cc1=O)c1cc(cc(Cl)c1F)COc1cccc(C)c1-2. The number of nitrogens with zero attached hydrogens (tertiary/aromatic N) is 2. The summed E-state index contributed by atoms with van der Waals surface area (Å²) in [5.74, 6) is -4.38. The number of carboxylic acids is 1. The van der Waals surface area contributed by atoms with Crippen molar-refractivity contribution < 1.29 is 45.8 Å². The number of amides is 1. The number of ether oxygens (including phenoxy) is 1. The molecule has 0 saturated carbocycles. The summed E-state index contributed by atoms with van der Waals surface area (Å²) >= 11 is 6.31. The van der Waals surface area contributed by atoms with Gasteiger partial charge >= 0.3 is 12.1 Å². The van der Waals surface area contributed by atoms with Crippen LogP contribution < -0.4 is 15.6 Å². The van der Waals surface area contributed by atoms with Crippen LogP contribution in [0.1, 0.15) is 57.4 Å². The zero-order valence-electron chi connectivity index (χ0n) is 27.8. The number of alkyl halides is 4. The summed E-state index contributed by atoms with van der Waals surface area (Å²) in [6.45, 7) is 3.00. The number of aryl methyl sites for hydroxylation is 2. The van der Waals surface area contributed by atoms with E-state index in [1.54, 1.807) is 30.0 Å². The molecule has 0 radical (unpaired) electrons. The van der Waals surface area contributed by atoms with E-state index < -0.39 is 81.6 Å². The van der Waals surface area contributed by atoms with Crippen LogP contribution in [0.2, 0.25) is 5.02 Å². The third-order valence-corrected chi connectivity index (χ3v) is 9.56. The fourth-order valence-electron chi connectivity index (χ4n) is 6.74. The molecule has 3 aromatic carbocycles. The van der Waals surface area contributed by atoms with Gasteiger partial charge in [-0.15, -0.1) is 0 Å².